The number of aliphatic hydroxyl groups is 1. The molecule has 0 saturated carbocycles. The predicted octanol–water partition coefficient (Wildman–Crippen LogP) is 0.720. The molecule has 1 aliphatic heterocycles. The molecule has 0 aromatic heterocycles. The van der Waals surface area contributed by atoms with Gasteiger partial charge in [-0.15, -0.1) is 0 Å². The van der Waals surface area contributed by atoms with Crippen molar-refractivity contribution in [1.29, 1.82) is 0 Å². The predicted molar refractivity (Wildman–Crippen MR) is 47.5 cm³/mol. The van der Waals surface area contributed by atoms with Crippen LogP contribution in [0.5, 0.6) is 0 Å². The van der Waals surface area contributed by atoms with Gasteiger partial charge in [0.05, 0.1) is 5.69 Å². The van der Waals surface area contributed by atoms with E-state index in [2.05, 4.69) is 5.43 Å². The second kappa shape index (κ2) is 3.13. The van der Waals surface area contributed by atoms with Crippen LogP contribution in [0, 0.1) is 0 Å². The van der Waals surface area contributed by atoms with Crippen molar-refractivity contribution >= 4 is 5.69 Å². The Labute approximate surface area is 71.6 Å². The van der Waals surface area contributed by atoms with Gasteiger partial charge in [-0.3, -0.25) is 5.01 Å². The number of nitrogens with one attached hydrogen (secondary N) is 1. The van der Waals surface area contributed by atoms with Gasteiger partial charge in [0.2, 0.25) is 0 Å². The SMILES string of the molecule is OC1CCNN1c1ccccc1. The first kappa shape index (κ1) is 7.58. The number of nitrogens with zero attached hydrogens (tertiary/aromatic N) is 1. The van der Waals surface area contributed by atoms with Gasteiger partial charge in [-0.1, -0.05) is 18.2 Å². The van der Waals surface area contributed by atoms with E-state index < -0.39 is 0 Å². The molecule has 0 aliphatic carbocycles. The molecule has 0 radical (unpaired) electrons. The first-order chi connectivity index (χ1) is 5.88. The summed E-state index contributed by atoms with van der Waals surface area (Å²) < 4.78 is 0. The van der Waals surface area contributed by atoms with Crippen molar-refractivity contribution in [2.75, 3.05) is 11.6 Å². The van der Waals surface area contributed by atoms with E-state index in [-0.39, 0.29) is 6.23 Å². The molecular weight excluding hydrogens is 152 g/mol. The summed E-state index contributed by atoms with van der Waals surface area (Å²) in [6, 6.07) is 9.83. The lowest BCUT2D eigenvalue weighted by Crippen LogP contribution is -2.36. The number of hydrogen-bond donors (Lipinski definition) is 2. The maximum Gasteiger partial charge on any atom is 0.142 e. The van der Waals surface area contributed by atoms with Gasteiger partial charge in [0.15, 0.2) is 0 Å². The summed E-state index contributed by atoms with van der Waals surface area (Å²) in [4.78, 5) is 0. The molecular formula is C9H12N2O. The first-order valence-corrected chi connectivity index (χ1v) is 4.14. The van der Waals surface area contributed by atoms with Crippen LogP contribution in [0.1, 0.15) is 6.42 Å². The smallest absolute Gasteiger partial charge is 0.142 e. The monoisotopic (exact) mass is 164 g/mol. The third-order valence-corrected chi connectivity index (χ3v) is 2.02. The Balaban J connectivity index is 2.19. The highest BCUT2D eigenvalue weighted by atomic mass is 16.3. The maximum absolute atomic E-state index is 9.51. The number of rotatable bonds is 1. The topological polar surface area (TPSA) is 35.5 Å². The molecule has 0 spiro atoms. The van der Waals surface area contributed by atoms with E-state index in [1.165, 1.54) is 0 Å². The van der Waals surface area contributed by atoms with Gasteiger partial charge in [-0.2, -0.15) is 0 Å². The van der Waals surface area contributed by atoms with Gasteiger partial charge in [-0.25, -0.2) is 5.43 Å². The summed E-state index contributed by atoms with van der Waals surface area (Å²) in [6.07, 6.45) is 0.405. The van der Waals surface area contributed by atoms with Crippen LogP contribution in [-0.4, -0.2) is 17.9 Å². The Kier molecular flexibility index (Phi) is 1.98. The summed E-state index contributed by atoms with van der Waals surface area (Å²) in [5.74, 6) is 0. The third kappa shape index (κ3) is 1.29. The molecule has 1 fully saturated rings. The zero-order chi connectivity index (χ0) is 8.39. The number of aliphatic hydroxyl groups excluding tert-OH is 1. The average molecular weight is 164 g/mol. The van der Waals surface area contributed by atoms with E-state index in [4.69, 9.17) is 0 Å². The largest absolute Gasteiger partial charge is 0.372 e. The fraction of sp³-hybridized carbons (Fsp3) is 0.333. The van der Waals surface area contributed by atoms with E-state index in [0.29, 0.717) is 0 Å². The van der Waals surface area contributed by atoms with Gasteiger partial charge < -0.3 is 5.11 Å². The Morgan fingerprint density at radius 1 is 1.33 bits per heavy atom. The van der Waals surface area contributed by atoms with Crippen LogP contribution in [0.15, 0.2) is 30.3 Å². The molecule has 1 atom stereocenters. The van der Waals surface area contributed by atoms with E-state index in [0.717, 1.165) is 18.7 Å². The molecule has 12 heavy (non-hydrogen) atoms. The van der Waals surface area contributed by atoms with E-state index in [1.807, 2.05) is 30.3 Å². The van der Waals surface area contributed by atoms with Crippen LogP contribution in [0.2, 0.25) is 0 Å². The molecule has 3 heteroatoms. The molecule has 1 unspecified atom stereocenters. The summed E-state index contributed by atoms with van der Waals surface area (Å²) in [6.45, 7) is 0.843. The molecule has 1 saturated heterocycles. The lowest BCUT2D eigenvalue weighted by Gasteiger charge is -2.21. The molecule has 1 aromatic rings. The van der Waals surface area contributed by atoms with Crippen molar-refractivity contribution in [2.45, 2.75) is 12.6 Å². The molecule has 2 N–H and O–H groups in total. The summed E-state index contributed by atoms with van der Waals surface area (Å²) in [7, 11) is 0. The number of benzene rings is 1. The molecule has 64 valence electrons. The molecule has 1 aliphatic rings. The molecule has 1 heterocycles. The van der Waals surface area contributed by atoms with Crippen LogP contribution < -0.4 is 10.4 Å². The maximum atomic E-state index is 9.51. The lowest BCUT2D eigenvalue weighted by molar-refractivity contribution is 0.183. The van der Waals surface area contributed by atoms with Gasteiger partial charge in [0.25, 0.3) is 0 Å². The molecule has 0 bridgehead atoms. The van der Waals surface area contributed by atoms with Gasteiger partial charge in [0, 0.05) is 13.0 Å². The zero-order valence-corrected chi connectivity index (χ0v) is 6.77. The minimum absolute atomic E-state index is 0.382. The van der Waals surface area contributed by atoms with Crippen LogP contribution in [0.4, 0.5) is 5.69 Å². The molecule has 2 rings (SSSR count). The second-order valence-electron chi connectivity index (χ2n) is 2.88. The third-order valence-electron chi connectivity index (χ3n) is 2.02. The van der Waals surface area contributed by atoms with Crippen molar-refractivity contribution in [3.05, 3.63) is 30.3 Å². The number of anilines is 1. The quantitative estimate of drug-likeness (QED) is 0.642. The molecule has 3 nitrogen and oxygen atoms in total. The standard InChI is InChI=1S/C9H12N2O/c12-9-6-7-10-11(9)8-4-2-1-3-5-8/h1-5,9-10,12H,6-7H2. The second-order valence-corrected chi connectivity index (χ2v) is 2.88. The van der Waals surface area contributed by atoms with Crippen molar-refractivity contribution in [3.8, 4) is 0 Å². The van der Waals surface area contributed by atoms with Crippen molar-refractivity contribution < 1.29 is 5.11 Å². The zero-order valence-electron chi connectivity index (χ0n) is 6.77. The summed E-state index contributed by atoms with van der Waals surface area (Å²) in [5.41, 5.74) is 4.12. The van der Waals surface area contributed by atoms with Crippen molar-refractivity contribution in [3.63, 3.8) is 0 Å². The van der Waals surface area contributed by atoms with E-state index >= 15 is 0 Å². The van der Waals surface area contributed by atoms with Crippen molar-refractivity contribution in [1.82, 2.24) is 5.43 Å². The lowest BCUT2D eigenvalue weighted by atomic mass is 10.3. The van der Waals surface area contributed by atoms with E-state index in [1.54, 1.807) is 5.01 Å². The minimum atomic E-state index is -0.382. The number of para-hydroxylation sites is 1. The molecule has 1 aromatic carbocycles. The van der Waals surface area contributed by atoms with Crippen LogP contribution in [0.25, 0.3) is 0 Å². The Morgan fingerprint density at radius 3 is 2.67 bits per heavy atom. The highest BCUT2D eigenvalue weighted by Gasteiger charge is 2.21. The van der Waals surface area contributed by atoms with Gasteiger partial charge in [-0.05, 0) is 12.1 Å². The van der Waals surface area contributed by atoms with Crippen LogP contribution >= 0.6 is 0 Å². The van der Waals surface area contributed by atoms with Gasteiger partial charge >= 0.3 is 0 Å². The van der Waals surface area contributed by atoms with Crippen LogP contribution in [-0.2, 0) is 0 Å². The first-order valence-electron chi connectivity index (χ1n) is 4.14. The van der Waals surface area contributed by atoms with Crippen molar-refractivity contribution in [2.24, 2.45) is 0 Å². The summed E-state index contributed by atoms with van der Waals surface area (Å²) in [5, 5.41) is 11.3. The van der Waals surface area contributed by atoms with E-state index in [9.17, 15) is 5.11 Å². The minimum Gasteiger partial charge on any atom is -0.372 e. The number of hydrogen-bond acceptors (Lipinski definition) is 3. The molecule has 0 amide bonds. The fourth-order valence-corrected chi connectivity index (χ4v) is 1.40. The van der Waals surface area contributed by atoms with Crippen LogP contribution in [0.3, 0.4) is 0 Å². The number of hydrazine groups is 1. The fourth-order valence-electron chi connectivity index (χ4n) is 1.40. The highest BCUT2D eigenvalue weighted by Crippen LogP contribution is 2.17. The highest BCUT2D eigenvalue weighted by molar-refractivity contribution is 5.45. The average Bonchev–Trinajstić information content (AvgIpc) is 2.53. The Bertz CT molecular complexity index is 250. The normalized spacial score (nSPS) is 23.1. The Morgan fingerprint density at radius 2 is 2.08 bits per heavy atom. The Hall–Kier alpha value is -1.06. The summed E-state index contributed by atoms with van der Waals surface area (Å²) >= 11 is 0. The van der Waals surface area contributed by atoms with Gasteiger partial charge in [0.1, 0.15) is 6.23 Å².